The maximum absolute atomic E-state index is 11.3. The summed E-state index contributed by atoms with van der Waals surface area (Å²) in [5, 5.41) is 14.9. The summed E-state index contributed by atoms with van der Waals surface area (Å²) in [6.45, 7) is 1.71. The predicted molar refractivity (Wildman–Crippen MR) is 64.1 cm³/mol. The van der Waals surface area contributed by atoms with E-state index >= 15 is 0 Å². The van der Waals surface area contributed by atoms with Gasteiger partial charge in [-0.15, -0.1) is 5.10 Å². The molecule has 1 aromatic carbocycles. The fourth-order valence-electron chi connectivity index (χ4n) is 1.64. The van der Waals surface area contributed by atoms with Crippen LogP contribution in [-0.4, -0.2) is 32.8 Å². The van der Waals surface area contributed by atoms with E-state index < -0.39 is 10.9 Å². The van der Waals surface area contributed by atoms with Crippen LogP contribution in [0, 0.1) is 17.0 Å². The molecule has 0 saturated heterocycles. The number of carbonyl (C=O) groups excluding carboxylic acids is 1. The van der Waals surface area contributed by atoms with Gasteiger partial charge in [0.25, 0.3) is 11.5 Å². The molecular weight excluding hydrogens is 252 g/mol. The number of aromatic nitrogens is 3. The number of carbonyl (C=O) groups is 1. The molecule has 2 rings (SSSR count). The lowest BCUT2D eigenvalue weighted by Gasteiger charge is -2.05. The largest absolute Gasteiger partial charge is 0.463 e. The van der Waals surface area contributed by atoms with Crippen LogP contribution in [0.1, 0.15) is 16.2 Å². The number of nitro groups is 1. The Balaban J connectivity index is 2.56. The average molecular weight is 262 g/mol. The van der Waals surface area contributed by atoms with Gasteiger partial charge in [0.15, 0.2) is 0 Å². The summed E-state index contributed by atoms with van der Waals surface area (Å²) in [6, 6.07) is 4.65. The zero-order valence-electron chi connectivity index (χ0n) is 10.2. The number of hydrogen-bond acceptors (Lipinski definition) is 6. The number of hydrogen-bond donors (Lipinski definition) is 0. The Labute approximate surface area is 107 Å². The number of esters is 1. The molecule has 19 heavy (non-hydrogen) atoms. The summed E-state index contributed by atoms with van der Waals surface area (Å²) in [4.78, 5) is 25.5. The lowest BCUT2D eigenvalue weighted by molar-refractivity contribution is -0.384. The van der Waals surface area contributed by atoms with Crippen LogP contribution in [0.25, 0.3) is 5.69 Å². The number of nitro benzene ring substituents is 1. The van der Waals surface area contributed by atoms with Gasteiger partial charge in [0, 0.05) is 6.07 Å². The number of aryl methyl sites for hydroxylation is 1. The van der Waals surface area contributed by atoms with Crippen molar-refractivity contribution in [2.45, 2.75) is 6.92 Å². The van der Waals surface area contributed by atoms with Crippen LogP contribution in [0.15, 0.2) is 24.5 Å². The van der Waals surface area contributed by atoms with Crippen molar-refractivity contribution in [3.05, 3.63) is 46.0 Å². The minimum atomic E-state index is -0.699. The Kier molecular flexibility index (Phi) is 3.23. The summed E-state index contributed by atoms with van der Waals surface area (Å²) in [5.41, 5.74) is 0.812. The highest BCUT2D eigenvalue weighted by molar-refractivity contribution is 5.84. The van der Waals surface area contributed by atoms with Crippen LogP contribution >= 0.6 is 0 Å². The molecule has 0 bridgehead atoms. The summed E-state index contributed by atoms with van der Waals surface area (Å²) >= 11 is 0. The smallest absolute Gasteiger partial charge is 0.377 e. The van der Waals surface area contributed by atoms with Gasteiger partial charge >= 0.3 is 5.97 Å². The van der Waals surface area contributed by atoms with E-state index in [-0.39, 0.29) is 17.2 Å². The Morgan fingerprint density at radius 1 is 1.47 bits per heavy atom. The van der Waals surface area contributed by atoms with Crippen LogP contribution in [0.2, 0.25) is 0 Å². The molecule has 0 spiro atoms. The molecule has 0 N–H and O–H groups in total. The van der Waals surface area contributed by atoms with Crippen molar-refractivity contribution < 1.29 is 14.5 Å². The lowest BCUT2D eigenvalue weighted by atomic mass is 10.2. The first-order chi connectivity index (χ1) is 9.04. The highest BCUT2D eigenvalue weighted by atomic mass is 16.6. The first kappa shape index (κ1) is 12.7. The topological polar surface area (TPSA) is 100 Å². The van der Waals surface area contributed by atoms with Gasteiger partial charge in [-0.1, -0.05) is 12.1 Å². The molecule has 0 unspecified atom stereocenters. The fourth-order valence-corrected chi connectivity index (χ4v) is 1.64. The minimum Gasteiger partial charge on any atom is -0.463 e. The van der Waals surface area contributed by atoms with Gasteiger partial charge in [0.05, 0.1) is 12.0 Å². The van der Waals surface area contributed by atoms with E-state index in [4.69, 9.17) is 0 Å². The molecule has 8 heteroatoms. The van der Waals surface area contributed by atoms with E-state index in [1.54, 1.807) is 19.1 Å². The highest BCUT2D eigenvalue weighted by Crippen LogP contribution is 2.25. The van der Waals surface area contributed by atoms with Crippen molar-refractivity contribution in [2.24, 2.45) is 0 Å². The lowest BCUT2D eigenvalue weighted by Crippen LogP contribution is -2.07. The normalized spacial score (nSPS) is 10.2. The van der Waals surface area contributed by atoms with E-state index in [2.05, 4.69) is 14.8 Å². The van der Waals surface area contributed by atoms with Crippen molar-refractivity contribution in [3.63, 3.8) is 0 Å². The van der Waals surface area contributed by atoms with Gasteiger partial charge in [0.1, 0.15) is 12.0 Å². The zero-order valence-corrected chi connectivity index (χ0v) is 10.2. The second-order valence-electron chi connectivity index (χ2n) is 3.70. The molecule has 0 fully saturated rings. The first-order valence-electron chi connectivity index (χ1n) is 5.29. The van der Waals surface area contributed by atoms with E-state index in [1.807, 2.05) is 0 Å². The molecule has 98 valence electrons. The zero-order chi connectivity index (χ0) is 14.0. The standard InChI is InChI=1S/C11H10N4O4/c1-7-4-3-5-8(15(17)18)9(7)14-6-12-10(13-14)11(16)19-2/h3-6H,1-2H3. The summed E-state index contributed by atoms with van der Waals surface area (Å²) < 4.78 is 5.68. The third-order valence-electron chi connectivity index (χ3n) is 2.50. The Bertz CT molecular complexity index is 650. The van der Waals surface area contributed by atoms with Crippen molar-refractivity contribution in [1.29, 1.82) is 0 Å². The quantitative estimate of drug-likeness (QED) is 0.469. The van der Waals surface area contributed by atoms with Crippen molar-refractivity contribution in [3.8, 4) is 5.69 Å². The van der Waals surface area contributed by atoms with Gasteiger partial charge in [-0.25, -0.2) is 14.5 Å². The Hall–Kier alpha value is -2.77. The molecule has 2 aromatic rings. The minimum absolute atomic E-state index is 0.110. The van der Waals surface area contributed by atoms with Gasteiger partial charge in [-0.3, -0.25) is 10.1 Å². The van der Waals surface area contributed by atoms with Crippen LogP contribution in [0.3, 0.4) is 0 Å². The highest BCUT2D eigenvalue weighted by Gasteiger charge is 2.20. The molecule has 0 atom stereocenters. The molecule has 1 heterocycles. The second kappa shape index (κ2) is 4.84. The maximum Gasteiger partial charge on any atom is 0.377 e. The van der Waals surface area contributed by atoms with E-state index in [1.165, 1.54) is 24.2 Å². The van der Waals surface area contributed by atoms with Crippen molar-refractivity contribution in [2.75, 3.05) is 7.11 Å². The SMILES string of the molecule is COC(=O)c1ncn(-c2c(C)cccc2[N+](=O)[O-])n1. The number of benzene rings is 1. The van der Waals surface area contributed by atoms with Crippen LogP contribution in [-0.2, 0) is 4.74 Å². The van der Waals surface area contributed by atoms with Crippen LogP contribution in [0.5, 0.6) is 0 Å². The molecule has 0 aliphatic carbocycles. The summed E-state index contributed by atoms with van der Waals surface area (Å²) in [7, 11) is 1.21. The van der Waals surface area contributed by atoms with E-state index in [9.17, 15) is 14.9 Å². The number of para-hydroxylation sites is 1. The average Bonchev–Trinajstić information content (AvgIpc) is 2.86. The molecule has 0 aliphatic rings. The van der Waals surface area contributed by atoms with Gasteiger partial charge < -0.3 is 4.74 Å². The Morgan fingerprint density at radius 3 is 2.84 bits per heavy atom. The number of rotatable bonds is 3. The number of ether oxygens (including phenoxy) is 1. The number of methoxy groups -OCH3 is 1. The predicted octanol–water partition coefficient (Wildman–Crippen LogP) is 1.27. The third-order valence-corrected chi connectivity index (χ3v) is 2.50. The third kappa shape index (κ3) is 2.28. The first-order valence-corrected chi connectivity index (χ1v) is 5.29. The van der Waals surface area contributed by atoms with Crippen LogP contribution < -0.4 is 0 Å². The van der Waals surface area contributed by atoms with Crippen LogP contribution in [0.4, 0.5) is 5.69 Å². The molecule has 8 nitrogen and oxygen atoms in total. The molecule has 0 amide bonds. The number of nitrogens with zero attached hydrogens (tertiary/aromatic N) is 4. The van der Waals surface area contributed by atoms with E-state index in [0.717, 1.165) is 0 Å². The maximum atomic E-state index is 11.3. The van der Waals surface area contributed by atoms with Crippen molar-refractivity contribution >= 4 is 11.7 Å². The second-order valence-corrected chi connectivity index (χ2v) is 3.70. The van der Waals surface area contributed by atoms with Gasteiger partial charge in [-0.2, -0.15) is 0 Å². The molecule has 0 saturated carbocycles. The monoisotopic (exact) mass is 262 g/mol. The summed E-state index contributed by atoms with van der Waals surface area (Å²) in [6.07, 6.45) is 1.24. The van der Waals surface area contributed by atoms with E-state index in [0.29, 0.717) is 5.56 Å². The molecular formula is C11H10N4O4. The Morgan fingerprint density at radius 2 is 2.21 bits per heavy atom. The van der Waals surface area contributed by atoms with Gasteiger partial charge in [-0.05, 0) is 12.5 Å². The fraction of sp³-hybridized carbons (Fsp3) is 0.182. The van der Waals surface area contributed by atoms with Crippen molar-refractivity contribution in [1.82, 2.24) is 14.8 Å². The summed E-state index contributed by atoms with van der Waals surface area (Å²) in [5.74, 6) is -0.852. The van der Waals surface area contributed by atoms with Gasteiger partial charge in [0.2, 0.25) is 0 Å². The molecule has 0 aliphatic heterocycles. The molecule has 0 radical (unpaired) electrons. The molecule has 1 aromatic heterocycles.